The van der Waals surface area contributed by atoms with Crippen LogP contribution in [0.3, 0.4) is 0 Å². The number of hydrogen-bond donors (Lipinski definition) is 3. The van der Waals surface area contributed by atoms with Crippen LogP contribution in [0.25, 0.3) is 0 Å². The number of unbranched alkanes of at least 4 members (excludes halogenated alkanes) is 8. The smallest absolute Gasteiger partial charge is 0.203 e. The first kappa shape index (κ1) is 31.2. The second kappa shape index (κ2) is 21.5. The number of benzene rings is 1. The number of nitrogens with one attached hydrogen (secondary N) is 1. The fourth-order valence-corrected chi connectivity index (χ4v) is 3.44. The lowest BCUT2D eigenvalue weighted by Crippen LogP contribution is -2.22. The molecular formula is C30H44N2O4. The fraction of sp³-hybridized carbons (Fsp3) is 0.600. The Morgan fingerprint density at radius 1 is 0.722 bits per heavy atom. The molecule has 0 radical (unpaired) electrons. The van der Waals surface area contributed by atoms with Crippen molar-refractivity contribution in [3.8, 4) is 54.3 Å². The summed E-state index contributed by atoms with van der Waals surface area (Å²) in [7, 11) is 0. The number of aliphatic hydroxyl groups excluding tert-OH is 1. The van der Waals surface area contributed by atoms with Gasteiger partial charge in [-0.15, -0.1) is 37.0 Å². The minimum absolute atomic E-state index is 0.489. The Hall–Kier alpha value is -2.82. The van der Waals surface area contributed by atoms with E-state index < -0.39 is 6.23 Å². The van der Waals surface area contributed by atoms with Crippen molar-refractivity contribution in [1.82, 2.24) is 5.32 Å². The van der Waals surface area contributed by atoms with Gasteiger partial charge in [0.15, 0.2) is 11.5 Å². The Labute approximate surface area is 218 Å². The zero-order chi connectivity index (χ0) is 26.3. The van der Waals surface area contributed by atoms with Gasteiger partial charge in [0.2, 0.25) is 5.75 Å². The molecule has 6 heteroatoms. The van der Waals surface area contributed by atoms with Gasteiger partial charge in [0.25, 0.3) is 0 Å². The van der Waals surface area contributed by atoms with Gasteiger partial charge in [0.05, 0.1) is 19.8 Å². The number of aliphatic hydroxyl groups is 1. The minimum atomic E-state index is -0.861. The molecule has 0 saturated heterocycles. The van der Waals surface area contributed by atoms with Gasteiger partial charge in [0.1, 0.15) is 6.23 Å². The molecule has 0 aliphatic carbocycles. The van der Waals surface area contributed by atoms with Gasteiger partial charge in [-0.3, -0.25) is 5.32 Å². The lowest BCUT2D eigenvalue weighted by atomic mass is 10.1. The molecule has 0 aliphatic heterocycles. The maximum atomic E-state index is 10.8. The van der Waals surface area contributed by atoms with Crippen molar-refractivity contribution in [2.45, 2.75) is 83.3 Å². The van der Waals surface area contributed by atoms with E-state index in [0.29, 0.717) is 75.0 Å². The molecule has 0 spiro atoms. The first-order valence-corrected chi connectivity index (χ1v) is 13.2. The van der Waals surface area contributed by atoms with E-state index in [1.54, 1.807) is 0 Å². The normalized spacial score (nSPS) is 11.2. The van der Waals surface area contributed by atoms with Gasteiger partial charge in [-0.25, -0.2) is 0 Å². The molecule has 0 amide bonds. The van der Waals surface area contributed by atoms with Crippen LogP contribution in [-0.4, -0.2) is 38.0 Å². The highest BCUT2D eigenvalue weighted by Gasteiger charge is 2.19. The Balaban J connectivity index is 3.04. The molecule has 1 rings (SSSR count). The average molecular weight is 497 g/mol. The third kappa shape index (κ3) is 13.9. The van der Waals surface area contributed by atoms with E-state index in [1.807, 2.05) is 12.1 Å². The largest absolute Gasteiger partial charge is 0.490 e. The van der Waals surface area contributed by atoms with Crippen molar-refractivity contribution in [3.63, 3.8) is 0 Å². The van der Waals surface area contributed by atoms with E-state index in [4.69, 9.17) is 39.2 Å². The third-order valence-corrected chi connectivity index (χ3v) is 5.49. The summed E-state index contributed by atoms with van der Waals surface area (Å²) in [6, 6.07) is 3.64. The van der Waals surface area contributed by atoms with Crippen LogP contribution >= 0.6 is 0 Å². The van der Waals surface area contributed by atoms with E-state index in [0.717, 1.165) is 57.8 Å². The van der Waals surface area contributed by atoms with E-state index in [1.165, 1.54) is 0 Å². The standard InChI is InChI=1S/C30H44N2O4/c1-4-7-10-16-21-34-27-24-26(30(33)32-20-15-13-14-19-31)25-28(35-22-17-11-8-5-2)29(27)36-23-18-12-9-6-3/h1-3,24-25,30,32-33H,7-23,31H2. The molecule has 36 heavy (non-hydrogen) atoms. The molecule has 1 aromatic rings. The topological polar surface area (TPSA) is 86.0 Å². The van der Waals surface area contributed by atoms with Gasteiger partial charge in [0, 0.05) is 24.8 Å². The highest BCUT2D eigenvalue weighted by molar-refractivity contribution is 5.54. The molecule has 4 N–H and O–H groups in total. The summed E-state index contributed by atoms with van der Waals surface area (Å²) in [4.78, 5) is 0. The summed E-state index contributed by atoms with van der Waals surface area (Å²) < 4.78 is 18.4. The average Bonchev–Trinajstić information content (AvgIpc) is 2.88. The number of nitrogens with two attached hydrogens (primary N) is 1. The zero-order valence-corrected chi connectivity index (χ0v) is 21.7. The maximum Gasteiger partial charge on any atom is 0.203 e. The third-order valence-electron chi connectivity index (χ3n) is 5.49. The first-order valence-electron chi connectivity index (χ1n) is 13.2. The molecule has 1 aromatic carbocycles. The summed E-state index contributed by atoms with van der Waals surface area (Å²) in [6.45, 7) is 2.82. The molecule has 0 saturated carbocycles. The number of ether oxygens (including phenoxy) is 3. The molecule has 0 aliphatic rings. The molecule has 1 atom stereocenters. The maximum absolute atomic E-state index is 10.8. The highest BCUT2D eigenvalue weighted by Crippen LogP contribution is 2.40. The molecule has 6 nitrogen and oxygen atoms in total. The molecular weight excluding hydrogens is 452 g/mol. The molecule has 0 bridgehead atoms. The van der Waals surface area contributed by atoms with Gasteiger partial charge in [-0.05, 0) is 76.6 Å². The van der Waals surface area contributed by atoms with Crippen molar-refractivity contribution in [2.75, 3.05) is 32.9 Å². The van der Waals surface area contributed by atoms with Crippen molar-refractivity contribution in [1.29, 1.82) is 0 Å². The monoisotopic (exact) mass is 496 g/mol. The summed E-state index contributed by atoms with van der Waals surface area (Å²) in [5.74, 6) is 9.60. The molecule has 0 fully saturated rings. The lowest BCUT2D eigenvalue weighted by molar-refractivity contribution is 0.137. The Morgan fingerprint density at radius 3 is 1.69 bits per heavy atom. The van der Waals surface area contributed by atoms with Crippen molar-refractivity contribution < 1.29 is 19.3 Å². The van der Waals surface area contributed by atoms with Gasteiger partial charge in [-0.2, -0.15) is 0 Å². The predicted octanol–water partition coefficient (Wildman–Crippen LogP) is 4.94. The molecule has 198 valence electrons. The Morgan fingerprint density at radius 2 is 1.22 bits per heavy atom. The summed E-state index contributed by atoms with van der Waals surface area (Å²) >= 11 is 0. The molecule has 1 unspecified atom stereocenters. The van der Waals surface area contributed by atoms with Gasteiger partial charge < -0.3 is 25.1 Å². The SMILES string of the molecule is C#CCCCCOc1cc(C(O)NCCCCCN)cc(OCCCCC#C)c1OCCCCC#C. The number of rotatable bonds is 22. The molecule has 0 aromatic heterocycles. The van der Waals surface area contributed by atoms with Crippen LogP contribution in [0.15, 0.2) is 12.1 Å². The van der Waals surface area contributed by atoms with Gasteiger partial charge >= 0.3 is 0 Å². The van der Waals surface area contributed by atoms with E-state index in [-0.39, 0.29) is 0 Å². The van der Waals surface area contributed by atoms with Crippen LogP contribution in [0.2, 0.25) is 0 Å². The van der Waals surface area contributed by atoms with Crippen molar-refractivity contribution in [3.05, 3.63) is 17.7 Å². The van der Waals surface area contributed by atoms with Crippen LogP contribution < -0.4 is 25.3 Å². The second-order valence-electron chi connectivity index (χ2n) is 8.58. The Bertz CT molecular complexity index is 790. The number of terminal acetylenes is 3. The Kier molecular flexibility index (Phi) is 18.6. The first-order chi connectivity index (χ1) is 17.7. The number of hydrogen-bond acceptors (Lipinski definition) is 6. The van der Waals surface area contributed by atoms with E-state index in [2.05, 4.69) is 23.1 Å². The van der Waals surface area contributed by atoms with Crippen LogP contribution in [0.1, 0.15) is 88.8 Å². The predicted molar refractivity (Wildman–Crippen MR) is 147 cm³/mol. The summed E-state index contributed by atoms with van der Waals surface area (Å²) in [5, 5.41) is 14.0. The quantitative estimate of drug-likeness (QED) is 0.120. The minimum Gasteiger partial charge on any atom is -0.490 e. The van der Waals surface area contributed by atoms with Crippen LogP contribution in [-0.2, 0) is 0 Å². The lowest BCUT2D eigenvalue weighted by Gasteiger charge is -2.21. The van der Waals surface area contributed by atoms with Crippen LogP contribution in [0.4, 0.5) is 0 Å². The van der Waals surface area contributed by atoms with Crippen molar-refractivity contribution in [2.24, 2.45) is 5.73 Å². The van der Waals surface area contributed by atoms with Crippen molar-refractivity contribution >= 4 is 0 Å². The summed E-state index contributed by atoms with van der Waals surface area (Å²) in [6.07, 6.45) is 25.4. The highest BCUT2D eigenvalue weighted by atomic mass is 16.5. The van der Waals surface area contributed by atoms with E-state index in [9.17, 15) is 5.11 Å². The fourth-order valence-electron chi connectivity index (χ4n) is 3.44. The van der Waals surface area contributed by atoms with Crippen LogP contribution in [0.5, 0.6) is 17.2 Å². The van der Waals surface area contributed by atoms with E-state index >= 15 is 0 Å². The second-order valence-corrected chi connectivity index (χ2v) is 8.58. The van der Waals surface area contributed by atoms with Crippen LogP contribution in [0, 0.1) is 37.0 Å². The zero-order valence-electron chi connectivity index (χ0n) is 21.7. The van der Waals surface area contributed by atoms with Gasteiger partial charge in [-0.1, -0.05) is 6.42 Å². The summed E-state index contributed by atoms with van der Waals surface area (Å²) in [5.41, 5.74) is 6.22. The molecule has 0 heterocycles.